The quantitative estimate of drug-likeness (QED) is 0.773. The Morgan fingerprint density at radius 3 is 2.58 bits per heavy atom. The van der Waals surface area contributed by atoms with E-state index in [9.17, 15) is 8.42 Å². The minimum atomic E-state index is -3.34. The van der Waals surface area contributed by atoms with E-state index in [-0.39, 0.29) is 11.6 Å². The third kappa shape index (κ3) is 3.68. The normalized spacial score (nSPS) is 28.0. The Balaban J connectivity index is 2.03. The molecule has 1 heterocycles. The predicted octanol–water partition coefficient (Wildman–Crippen LogP) is 1.23. The van der Waals surface area contributed by atoms with Crippen molar-refractivity contribution in [3.63, 3.8) is 0 Å². The zero-order valence-electron chi connectivity index (χ0n) is 12.1. The lowest BCUT2D eigenvalue weighted by Gasteiger charge is -2.42. The largest absolute Gasteiger partial charge is 0.315 e. The molecular weight excluding hydrogens is 262 g/mol. The number of likely N-dealkylation sites (N-methyl/N-ethyl adjacent to an activating group) is 1. The van der Waals surface area contributed by atoms with Crippen LogP contribution in [0.4, 0.5) is 0 Å². The molecule has 1 saturated heterocycles. The molecule has 112 valence electrons. The molecule has 2 rings (SSSR count). The summed E-state index contributed by atoms with van der Waals surface area (Å²) in [5.41, 5.74) is -0.209. The highest BCUT2D eigenvalue weighted by molar-refractivity contribution is 7.87. The molecule has 2 fully saturated rings. The van der Waals surface area contributed by atoms with E-state index in [2.05, 4.69) is 17.0 Å². The van der Waals surface area contributed by atoms with Crippen LogP contribution in [0.2, 0.25) is 0 Å². The molecule has 6 heteroatoms. The van der Waals surface area contributed by atoms with Gasteiger partial charge in [0.15, 0.2) is 0 Å². The molecule has 1 atom stereocenters. The van der Waals surface area contributed by atoms with Crippen molar-refractivity contribution in [2.24, 2.45) is 0 Å². The van der Waals surface area contributed by atoms with Gasteiger partial charge in [-0.05, 0) is 45.6 Å². The van der Waals surface area contributed by atoms with Gasteiger partial charge in [0.25, 0.3) is 10.2 Å². The van der Waals surface area contributed by atoms with Gasteiger partial charge in [-0.1, -0.05) is 13.3 Å². The SMILES string of the molecule is CCNCC1CCCCN1S(=O)(=O)NC1(C)CCC1. The summed E-state index contributed by atoms with van der Waals surface area (Å²) < 4.78 is 29.7. The molecule has 2 N–H and O–H groups in total. The van der Waals surface area contributed by atoms with E-state index in [1.807, 2.05) is 6.92 Å². The zero-order valence-corrected chi connectivity index (χ0v) is 12.9. The average Bonchev–Trinajstić information content (AvgIpc) is 2.34. The monoisotopic (exact) mass is 289 g/mol. The molecule has 0 aromatic heterocycles. The first kappa shape index (κ1) is 15.2. The number of nitrogens with zero attached hydrogens (tertiary/aromatic N) is 1. The first-order valence-corrected chi connectivity index (χ1v) is 8.92. The summed E-state index contributed by atoms with van der Waals surface area (Å²) in [6, 6.07) is 0.106. The van der Waals surface area contributed by atoms with Crippen LogP contribution in [0, 0.1) is 0 Å². The summed E-state index contributed by atoms with van der Waals surface area (Å²) in [7, 11) is -3.34. The molecule has 5 nitrogen and oxygen atoms in total. The summed E-state index contributed by atoms with van der Waals surface area (Å²) in [5, 5.41) is 3.28. The number of rotatable bonds is 6. The van der Waals surface area contributed by atoms with Gasteiger partial charge in [0.1, 0.15) is 0 Å². The molecule has 1 aliphatic carbocycles. The number of nitrogens with one attached hydrogen (secondary N) is 2. The van der Waals surface area contributed by atoms with Crippen LogP contribution in [0.3, 0.4) is 0 Å². The third-order valence-electron chi connectivity index (χ3n) is 4.34. The summed E-state index contributed by atoms with van der Waals surface area (Å²) in [4.78, 5) is 0. The molecule has 0 spiro atoms. The number of hydrogen-bond donors (Lipinski definition) is 2. The van der Waals surface area contributed by atoms with Gasteiger partial charge < -0.3 is 5.32 Å². The Bertz CT molecular complexity index is 393. The zero-order chi connectivity index (χ0) is 13.9. The maximum absolute atomic E-state index is 12.6. The van der Waals surface area contributed by atoms with Crippen LogP contribution in [0.25, 0.3) is 0 Å². The molecule has 0 radical (unpaired) electrons. The minimum Gasteiger partial charge on any atom is -0.315 e. The maximum Gasteiger partial charge on any atom is 0.280 e. The lowest BCUT2D eigenvalue weighted by molar-refractivity contribution is 0.214. The molecular formula is C13H27N3O2S. The highest BCUT2D eigenvalue weighted by Crippen LogP contribution is 2.32. The lowest BCUT2D eigenvalue weighted by atomic mass is 9.80. The van der Waals surface area contributed by atoms with E-state index in [0.29, 0.717) is 6.54 Å². The molecule has 19 heavy (non-hydrogen) atoms. The van der Waals surface area contributed by atoms with Gasteiger partial charge >= 0.3 is 0 Å². The molecule has 1 aliphatic heterocycles. The van der Waals surface area contributed by atoms with Crippen LogP contribution in [0.5, 0.6) is 0 Å². The summed E-state index contributed by atoms with van der Waals surface area (Å²) in [6.45, 7) is 6.36. The van der Waals surface area contributed by atoms with Gasteiger partial charge in [-0.3, -0.25) is 0 Å². The smallest absolute Gasteiger partial charge is 0.280 e. The van der Waals surface area contributed by atoms with Crippen LogP contribution in [-0.2, 0) is 10.2 Å². The van der Waals surface area contributed by atoms with Crippen LogP contribution >= 0.6 is 0 Å². The fourth-order valence-electron chi connectivity index (χ4n) is 2.98. The Labute approximate surface area is 117 Å². The second-order valence-corrected chi connectivity index (χ2v) is 7.71. The van der Waals surface area contributed by atoms with Crippen molar-refractivity contribution < 1.29 is 8.42 Å². The first-order valence-electron chi connectivity index (χ1n) is 7.48. The van der Waals surface area contributed by atoms with E-state index >= 15 is 0 Å². The maximum atomic E-state index is 12.6. The molecule has 2 aliphatic rings. The Morgan fingerprint density at radius 2 is 2.00 bits per heavy atom. The highest BCUT2D eigenvalue weighted by Gasteiger charge is 2.40. The molecule has 0 bridgehead atoms. The second kappa shape index (κ2) is 6.08. The van der Waals surface area contributed by atoms with Crippen LogP contribution in [0.15, 0.2) is 0 Å². The average molecular weight is 289 g/mol. The number of piperidine rings is 1. The molecule has 0 amide bonds. The third-order valence-corrected chi connectivity index (χ3v) is 6.19. The van der Waals surface area contributed by atoms with Gasteiger partial charge in [-0.15, -0.1) is 0 Å². The summed E-state index contributed by atoms with van der Waals surface area (Å²) in [6.07, 6.45) is 6.10. The van der Waals surface area contributed by atoms with Crippen molar-refractivity contribution in [1.82, 2.24) is 14.3 Å². The summed E-state index contributed by atoms with van der Waals surface area (Å²) in [5.74, 6) is 0. The van der Waals surface area contributed by atoms with Crippen molar-refractivity contribution in [3.05, 3.63) is 0 Å². The highest BCUT2D eigenvalue weighted by atomic mass is 32.2. The van der Waals surface area contributed by atoms with Gasteiger partial charge in [-0.25, -0.2) is 0 Å². The Hall–Kier alpha value is -0.170. The second-order valence-electron chi connectivity index (χ2n) is 6.09. The van der Waals surface area contributed by atoms with E-state index < -0.39 is 10.2 Å². The Kier molecular flexibility index (Phi) is 4.87. The van der Waals surface area contributed by atoms with Gasteiger partial charge in [0.05, 0.1) is 0 Å². The van der Waals surface area contributed by atoms with Gasteiger partial charge in [-0.2, -0.15) is 17.4 Å². The Morgan fingerprint density at radius 1 is 1.26 bits per heavy atom. The topological polar surface area (TPSA) is 61.4 Å². The fraction of sp³-hybridized carbons (Fsp3) is 1.00. The van der Waals surface area contributed by atoms with E-state index in [4.69, 9.17) is 0 Å². The van der Waals surface area contributed by atoms with Gasteiger partial charge in [0, 0.05) is 24.7 Å². The summed E-state index contributed by atoms with van der Waals surface area (Å²) >= 11 is 0. The van der Waals surface area contributed by atoms with Crippen molar-refractivity contribution in [2.75, 3.05) is 19.6 Å². The van der Waals surface area contributed by atoms with E-state index in [0.717, 1.165) is 51.6 Å². The predicted molar refractivity (Wildman–Crippen MR) is 77.2 cm³/mol. The van der Waals surface area contributed by atoms with E-state index in [1.54, 1.807) is 4.31 Å². The van der Waals surface area contributed by atoms with Gasteiger partial charge in [0.2, 0.25) is 0 Å². The number of hydrogen-bond acceptors (Lipinski definition) is 3. The van der Waals surface area contributed by atoms with Crippen LogP contribution in [0.1, 0.15) is 52.4 Å². The standard InChI is InChI=1S/C13H27N3O2S/c1-3-14-11-12-7-4-5-10-16(12)19(17,18)15-13(2)8-6-9-13/h12,14-15H,3-11H2,1-2H3. The molecule has 1 unspecified atom stereocenters. The van der Waals surface area contributed by atoms with Crippen LogP contribution in [-0.4, -0.2) is 43.9 Å². The van der Waals surface area contributed by atoms with Crippen molar-refractivity contribution >= 4 is 10.2 Å². The first-order chi connectivity index (χ1) is 8.97. The van der Waals surface area contributed by atoms with Crippen molar-refractivity contribution in [1.29, 1.82) is 0 Å². The molecule has 1 saturated carbocycles. The van der Waals surface area contributed by atoms with Crippen molar-refractivity contribution in [3.8, 4) is 0 Å². The fourth-order valence-corrected chi connectivity index (χ4v) is 4.87. The molecule has 0 aromatic rings. The molecule has 0 aromatic carbocycles. The van der Waals surface area contributed by atoms with Crippen molar-refractivity contribution in [2.45, 2.75) is 64.0 Å². The van der Waals surface area contributed by atoms with Crippen LogP contribution < -0.4 is 10.0 Å². The lowest BCUT2D eigenvalue weighted by Crippen LogP contribution is -2.59. The van der Waals surface area contributed by atoms with E-state index in [1.165, 1.54) is 0 Å². The minimum absolute atomic E-state index is 0.106.